The molecule has 0 spiro atoms. The number of nitrogens with one attached hydrogen (secondary N) is 1. The first-order valence-corrected chi connectivity index (χ1v) is 11.7. The monoisotopic (exact) mass is 500 g/mol. The van der Waals surface area contributed by atoms with Crippen molar-refractivity contribution in [3.63, 3.8) is 0 Å². The minimum atomic E-state index is -1.07. The van der Waals surface area contributed by atoms with Crippen LogP contribution in [0.25, 0.3) is 22.0 Å². The van der Waals surface area contributed by atoms with Crippen LogP contribution in [0.4, 0.5) is 0 Å². The number of hydrazone groups is 1. The third kappa shape index (κ3) is 4.50. The number of benzene rings is 2. The number of carbonyl (C=O) groups is 2. The maximum absolute atomic E-state index is 13.5. The molecule has 1 aliphatic rings. The number of fused-ring (bicyclic) bond motifs is 1. The zero-order valence-corrected chi connectivity index (χ0v) is 19.8. The summed E-state index contributed by atoms with van der Waals surface area (Å²) in [6.45, 7) is 0. The number of nitrogens with zero attached hydrogens (tertiary/aromatic N) is 3. The van der Waals surface area contributed by atoms with E-state index in [0.717, 1.165) is 16.5 Å². The second-order valence-electron chi connectivity index (χ2n) is 8.44. The molecule has 1 aliphatic heterocycles. The van der Waals surface area contributed by atoms with E-state index >= 15 is 0 Å². The smallest absolute Gasteiger partial charge is 0.303 e. The normalized spacial score (nSPS) is 15.2. The molecule has 0 saturated heterocycles. The lowest BCUT2D eigenvalue weighted by Crippen LogP contribution is -2.27. The Kier molecular flexibility index (Phi) is 6.35. The third-order valence-corrected chi connectivity index (χ3v) is 6.38. The van der Waals surface area contributed by atoms with Crippen LogP contribution < -0.4 is 5.56 Å². The van der Waals surface area contributed by atoms with Gasteiger partial charge < -0.3 is 10.1 Å². The van der Waals surface area contributed by atoms with Gasteiger partial charge in [0.1, 0.15) is 0 Å². The van der Waals surface area contributed by atoms with Crippen molar-refractivity contribution in [2.75, 3.05) is 0 Å². The van der Waals surface area contributed by atoms with Crippen LogP contribution in [0.15, 0.2) is 83.0 Å². The molecule has 2 N–H and O–H groups in total. The Balaban J connectivity index is 1.68. The van der Waals surface area contributed by atoms with Gasteiger partial charge in [-0.2, -0.15) is 5.10 Å². The van der Waals surface area contributed by atoms with Crippen LogP contribution in [0.3, 0.4) is 0 Å². The van der Waals surface area contributed by atoms with E-state index in [4.69, 9.17) is 16.7 Å². The van der Waals surface area contributed by atoms with Crippen LogP contribution in [0.5, 0.6) is 0 Å². The number of carboxylic acids is 1. The van der Waals surface area contributed by atoms with Crippen molar-refractivity contribution < 1.29 is 14.7 Å². The van der Waals surface area contributed by atoms with E-state index in [9.17, 15) is 14.4 Å². The van der Waals surface area contributed by atoms with E-state index in [1.165, 1.54) is 5.01 Å². The Morgan fingerprint density at radius 3 is 2.53 bits per heavy atom. The van der Waals surface area contributed by atoms with E-state index < -0.39 is 17.9 Å². The number of halogens is 1. The number of carbonyl (C=O) groups excluding carboxylic acids is 1. The fourth-order valence-corrected chi connectivity index (χ4v) is 4.61. The molecule has 5 rings (SSSR count). The minimum absolute atomic E-state index is 0.207. The summed E-state index contributed by atoms with van der Waals surface area (Å²) in [4.78, 5) is 44.7. The van der Waals surface area contributed by atoms with E-state index in [-0.39, 0.29) is 24.8 Å². The van der Waals surface area contributed by atoms with Crippen molar-refractivity contribution in [1.29, 1.82) is 0 Å². The molecule has 8 nitrogen and oxygen atoms in total. The minimum Gasteiger partial charge on any atom is -0.481 e. The summed E-state index contributed by atoms with van der Waals surface area (Å²) in [6, 6.07) is 17.8. The predicted molar refractivity (Wildman–Crippen MR) is 137 cm³/mol. The second-order valence-corrected chi connectivity index (χ2v) is 8.88. The highest BCUT2D eigenvalue weighted by Crippen LogP contribution is 2.37. The number of aromatic nitrogens is 2. The van der Waals surface area contributed by atoms with Crippen LogP contribution in [-0.4, -0.2) is 37.7 Å². The number of rotatable bonds is 6. The fourth-order valence-electron chi connectivity index (χ4n) is 4.49. The van der Waals surface area contributed by atoms with Crippen LogP contribution in [0.1, 0.15) is 36.4 Å². The van der Waals surface area contributed by atoms with Crippen molar-refractivity contribution in [3.8, 4) is 11.1 Å². The van der Waals surface area contributed by atoms with Crippen LogP contribution >= 0.6 is 11.6 Å². The molecule has 0 fully saturated rings. The number of pyridine rings is 2. The van der Waals surface area contributed by atoms with Crippen molar-refractivity contribution in [2.45, 2.75) is 25.3 Å². The fraction of sp³-hybridized carbons (Fsp3) is 0.148. The Labute approximate surface area is 210 Å². The topological polar surface area (TPSA) is 116 Å². The third-order valence-electron chi connectivity index (χ3n) is 6.13. The number of carboxylic acid groups (broad SMARTS) is 1. The molecule has 1 atom stereocenters. The average Bonchev–Trinajstić information content (AvgIpc) is 3.32. The van der Waals surface area contributed by atoms with E-state index in [1.807, 2.05) is 42.5 Å². The average molecular weight is 501 g/mol. The molecule has 4 aromatic rings. The summed E-state index contributed by atoms with van der Waals surface area (Å²) in [5.41, 5.74) is 3.35. The van der Waals surface area contributed by atoms with Gasteiger partial charge in [0.05, 0.1) is 23.7 Å². The van der Waals surface area contributed by atoms with Crippen LogP contribution in [0.2, 0.25) is 5.02 Å². The van der Waals surface area contributed by atoms with Gasteiger partial charge in [0.25, 0.3) is 5.56 Å². The van der Waals surface area contributed by atoms with Crippen molar-refractivity contribution in [3.05, 3.63) is 99.6 Å². The van der Waals surface area contributed by atoms with Crippen LogP contribution in [0, 0.1) is 0 Å². The largest absolute Gasteiger partial charge is 0.481 e. The standard InChI is InChI=1S/C27H21ClN4O4/c28-18-9-7-16(8-10-18)25-19-5-1-2-6-20(19)30-27(36)26(25)21-14-22(17-4-3-13-29-15-17)32(31-21)23(33)11-12-24(34)35/h1-10,13,15,22H,11-12,14H2,(H,30,36)(H,34,35)/t22-/m1/s1. The lowest BCUT2D eigenvalue weighted by atomic mass is 9.91. The highest BCUT2D eigenvalue weighted by atomic mass is 35.5. The van der Waals surface area contributed by atoms with Gasteiger partial charge in [-0.05, 0) is 35.4 Å². The first-order valence-electron chi connectivity index (χ1n) is 11.3. The summed E-state index contributed by atoms with van der Waals surface area (Å²) in [6.07, 6.45) is 3.02. The summed E-state index contributed by atoms with van der Waals surface area (Å²) >= 11 is 6.12. The van der Waals surface area contributed by atoms with Gasteiger partial charge in [0, 0.05) is 46.7 Å². The molecule has 0 saturated carbocycles. The van der Waals surface area contributed by atoms with Gasteiger partial charge in [0.15, 0.2) is 0 Å². The molecular formula is C27H21ClN4O4. The molecule has 0 radical (unpaired) electrons. The van der Waals surface area contributed by atoms with E-state index in [1.54, 1.807) is 30.6 Å². The van der Waals surface area contributed by atoms with Gasteiger partial charge in [-0.1, -0.05) is 48.0 Å². The van der Waals surface area contributed by atoms with Gasteiger partial charge >= 0.3 is 5.97 Å². The molecule has 0 bridgehead atoms. The van der Waals surface area contributed by atoms with Crippen molar-refractivity contribution >= 4 is 40.1 Å². The molecule has 3 heterocycles. The highest BCUT2D eigenvalue weighted by molar-refractivity contribution is 6.30. The maximum Gasteiger partial charge on any atom is 0.303 e. The molecule has 9 heteroatoms. The Bertz CT molecular complexity index is 1550. The summed E-state index contributed by atoms with van der Waals surface area (Å²) < 4.78 is 0. The number of para-hydroxylation sites is 1. The lowest BCUT2D eigenvalue weighted by molar-refractivity contribution is -0.141. The van der Waals surface area contributed by atoms with Crippen LogP contribution in [-0.2, 0) is 9.59 Å². The Hall–Kier alpha value is -4.30. The zero-order chi connectivity index (χ0) is 25.2. The van der Waals surface area contributed by atoms with Gasteiger partial charge in [-0.3, -0.25) is 19.4 Å². The molecule has 180 valence electrons. The van der Waals surface area contributed by atoms with Gasteiger partial charge in [-0.25, -0.2) is 5.01 Å². The first kappa shape index (κ1) is 23.4. The zero-order valence-electron chi connectivity index (χ0n) is 19.0. The number of hydrogen-bond acceptors (Lipinski definition) is 5. The van der Waals surface area contributed by atoms with Gasteiger partial charge in [0.2, 0.25) is 5.91 Å². The summed E-state index contributed by atoms with van der Waals surface area (Å²) in [7, 11) is 0. The van der Waals surface area contributed by atoms with Crippen molar-refractivity contribution in [2.24, 2.45) is 5.10 Å². The number of amides is 1. The molecule has 36 heavy (non-hydrogen) atoms. The summed E-state index contributed by atoms with van der Waals surface area (Å²) in [5, 5.41) is 16.3. The molecule has 1 amide bonds. The van der Waals surface area contributed by atoms with E-state index in [2.05, 4.69) is 15.1 Å². The number of aliphatic carboxylic acids is 1. The SMILES string of the molecule is O=C(O)CCC(=O)N1N=C(c2c(-c3ccc(Cl)cc3)c3ccccc3[nH]c2=O)C[C@@H]1c1cccnc1. The maximum atomic E-state index is 13.5. The first-order chi connectivity index (χ1) is 17.4. The molecular weight excluding hydrogens is 480 g/mol. The van der Waals surface area contributed by atoms with Crippen molar-refractivity contribution in [1.82, 2.24) is 15.0 Å². The predicted octanol–water partition coefficient (Wildman–Crippen LogP) is 4.79. The lowest BCUT2D eigenvalue weighted by Gasteiger charge is -2.21. The number of aromatic amines is 1. The summed E-state index contributed by atoms with van der Waals surface area (Å²) in [5.74, 6) is -1.51. The Morgan fingerprint density at radius 1 is 1.03 bits per heavy atom. The molecule has 2 aromatic heterocycles. The molecule has 0 unspecified atom stereocenters. The van der Waals surface area contributed by atoms with E-state index in [0.29, 0.717) is 27.4 Å². The van der Waals surface area contributed by atoms with Gasteiger partial charge in [-0.15, -0.1) is 0 Å². The molecule has 2 aromatic carbocycles. The Morgan fingerprint density at radius 2 is 1.81 bits per heavy atom. The quantitative estimate of drug-likeness (QED) is 0.395. The molecule has 0 aliphatic carbocycles. The second kappa shape index (κ2) is 9.75. The number of hydrogen-bond donors (Lipinski definition) is 2. The number of H-pyrrole nitrogens is 1. The highest BCUT2D eigenvalue weighted by Gasteiger charge is 2.35.